The molecule has 1 N–H and O–H groups in total. The second-order valence-corrected chi connectivity index (χ2v) is 5.60. The monoisotopic (exact) mass is 344 g/mol. The molecule has 0 bridgehead atoms. The molecule has 0 fully saturated rings. The summed E-state index contributed by atoms with van der Waals surface area (Å²) >= 11 is 0. The molecule has 1 atom stereocenters. The predicted molar refractivity (Wildman–Crippen MR) is 95.6 cm³/mol. The van der Waals surface area contributed by atoms with Gasteiger partial charge in [-0.1, -0.05) is 6.92 Å². The van der Waals surface area contributed by atoms with Gasteiger partial charge in [-0.3, -0.25) is 9.78 Å². The van der Waals surface area contributed by atoms with Crippen LogP contribution in [0.4, 0.5) is 0 Å². The van der Waals surface area contributed by atoms with Crippen molar-refractivity contribution in [2.45, 2.75) is 26.3 Å². The Labute approximate surface area is 148 Å². The van der Waals surface area contributed by atoms with E-state index < -0.39 is 0 Å². The zero-order chi connectivity index (χ0) is 18.4. The average molecular weight is 344 g/mol. The van der Waals surface area contributed by atoms with Crippen LogP contribution in [0.5, 0.6) is 17.2 Å². The van der Waals surface area contributed by atoms with Gasteiger partial charge in [-0.25, -0.2) is 0 Å². The molecule has 1 unspecified atom stereocenters. The molecule has 0 aliphatic carbocycles. The second kappa shape index (κ2) is 8.37. The lowest BCUT2D eigenvalue weighted by molar-refractivity contribution is 0.0931. The Hall–Kier alpha value is -2.76. The van der Waals surface area contributed by atoms with Crippen molar-refractivity contribution in [1.29, 1.82) is 0 Å². The first kappa shape index (κ1) is 18.6. The molecule has 134 valence electrons. The molecule has 0 saturated carbocycles. The Morgan fingerprint density at radius 2 is 1.72 bits per heavy atom. The Kier molecular flexibility index (Phi) is 6.22. The van der Waals surface area contributed by atoms with Crippen molar-refractivity contribution in [3.8, 4) is 17.2 Å². The maximum Gasteiger partial charge on any atom is 0.255 e. The minimum absolute atomic E-state index is 0.190. The summed E-state index contributed by atoms with van der Waals surface area (Å²) in [5.74, 6) is 1.13. The van der Waals surface area contributed by atoms with E-state index in [0.717, 1.165) is 17.7 Å². The van der Waals surface area contributed by atoms with Crippen molar-refractivity contribution in [2.24, 2.45) is 0 Å². The minimum atomic E-state index is -0.257. The maximum atomic E-state index is 12.8. The molecule has 2 rings (SSSR count). The van der Waals surface area contributed by atoms with Crippen molar-refractivity contribution in [2.75, 3.05) is 21.3 Å². The third-order valence-electron chi connectivity index (χ3n) is 3.96. The van der Waals surface area contributed by atoms with Crippen molar-refractivity contribution < 1.29 is 19.0 Å². The van der Waals surface area contributed by atoms with Crippen LogP contribution >= 0.6 is 0 Å². The molecular formula is C19H24N2O4. The van der Waals surface area contributed by atoms with Crippen molar-refractivity contribution in [1.82, 2.24) is 10.3 Å². The van der Waals surface area contributed by atoms with Crippen LogP contribution in [0.15, 0.2) is 30.5 Å². The molecule has 1 aromatic heterocycles. The molecule has 0 aliphatic rings. The highest BCUT2D eigenvalue weighted by atomic mass is 16.5. The van der Waals surface area contributed by atoms with Crippen LogP contribution in [0.25, 0.3) is 0 Å². The van der Waals surface area contributed by atoms with Gasteiger partial charge in [0.05, 0.1) is 38.6 Å². The van der Waals surface area contributed by atoms with Gasteiger partial charge < -0.3 is 19.5 Å². The van der Waals surface area contributed by atoms with Crippen LogP contribution in [0.2, 0.25) is 0 Å². The normalized spacial score (nSPS) is 11.6. The Bertz CT molecular complexity index is 746. The first-order valence-electron chi connectivity index (χ1n) is 8.07. The summed E-state index contributed by atoms with van der Waals surface area (Å²) in [4.78, 5) is 17.2. The molecule has 0 saturated heterocycles. The van der Waals surface area contributed by atoms with E-state index in [1.165, 1.54) is 21.3 Å². The number of carbonyl (C=O) groups is 1. The molecule has 0 spiro atoms. The number of hydrogen-bond acceptors (Lipinski definition) is 5. The van der Waals surface area contributed by atoms with Crippen LogP contribution in [-0.4, -0.2) is 32.2 Å². The van der Waals surface area contributed by atoms with Crippen molar-refractivity contribution in [3.63, 3.8) is 0 Å². The second-order valence-electron chi connectivity index (χ2n) is 5.60. The number of carbonyl (C=O) groups excluding carboxylic acids is 1. The van der Waals surface area contributed by atoms with E-state index in [1.807, 2.05) is 26.0 Å². The van der Waals surface area contributed by atoms with Crippen molar-refractivity contribution in [3.05, 3.63) is 47.3 Å². The first-order valence-corrected chi connectivity index (χ1v) is 8.07. The summed E-state index contributed by atoms with van der Waals surface area (Å²) in [5, 5.41) is 3.01. The highest BCUT2D eigenvalue weighted by Crippen LogP contribution is 2.34. The fourth-order valence-corrected chi connectivity index (χ4v) is 2.58. The summed E-state index contributed by atoms with van der Waals surface area (Å²) in [6.07, 6.45) is 2.47. The number of aryl methyl sites for hydroxylation is 1. The summed E-state index contributed by atoms with van der Waals surface area (Å²) in [6, 6.07) is 6.96. The Balaban J connectivity index is 2.32. The standard InChI is InChI=1S/C19H24N2O4/c1-6-14(15-9-12(2)7-8-20-15)21-19(22)13-10-17(24-4)18(25-5)11-16(13)23-3/h7-11,14H,6H2,1-5H3,(H,21,22). The van der Waals surface area contributed by atoms with E-state index >= 15 is 0 Å². The molecule has 6 heteroatoms. The molecule has 2 aromatic rings. The number of nitrogens with zero attached hydrogens (tertiary/aromatic N) is 1. The highest BCUT2D eigenvalue weighted by molar-refractivity contribution is 5.98. The SMILES string of the molecule is CCC(NC(=O)c1cc(OC)c(OC)cc1OC)c1cc(C)ccn1. The Morgan fingerprint density at radius 1 is 1.08 bits per heavy atom. The Morgan fingerprint density at radius 3 is 2.28 bits per heavy atom. The molecule has 0 radical (unpaired) electrons. The molecule has 1 heterocycles. The topological polar surface area (TPSA) is 69.7 Å². The number of methoxy groups -OCH3 is 3. The number of amides is 1. The molecule has 0 aliphatic heterocycles. The maximum absolute atomic E-state index is 12.8. The van der Waals surface area contributed by atoms with E-state index in [-0.39, 0.29) is 11.9 Å². The number of hydrogen-bond donors (Lipinski definition) is 1. The van der Waals surface area contributed by atoms with Gasteiger partial charge in [-0.2, -0.15) is 0 Å². The molecule has 1 aromatic carbocycles. The lowest BCUT2D eigenvalue weighted by Crippen LogP contribution is -2.29. The van der Waals surface area contributed by atoms with Gasteiger partial charge in [-0.15, -0.1) is 0 Å². The zero-order valence-electron chi connectivity index (χ0n) is 15.3. The third kappa shape index (κ3) is 4.21. The quantitative estimate of drug-likeness (QED) is 0.834. The fraction of sp³-hybridized carbons (Fsp3) is 0.368. The van der Waals surface area contributed by atoms with E-state index in [2.05, 4.69) is 10.3 Å². The highest BCUT2D eigenvalue weighted by Gasteiger charge is 2.21. The summed E-state index contributed by atoms with van der Waals surface area (Å²) < 4.78 is 15.9. The van der Waals surface area contributed by atoms with Gasteiger partial charge in [-0.05, 0) is 31.0 Å². The van der Waals surface area contributed by atoms with E-state index in [4.69, 9.17) is 14.2 Å². The fourth-order valence-electron chi connectivity index (χ4n) is 2.58. The summed E-state index contributed by atoms with van der Waals surface area (Å²) in [7, 11) is 4.57. The molecule has 6 nitrogen and oxygen atoms in total. The number of pyridine rings is 1. The van der Waals surface area contributed by atoms with Gasteiger partial charge in [0.25, 0.3) is 5.91 Å². The number of benzene rings is 1. The number of nitrogens with one attached hydrogen (secondary N) is 1. The van der Waals surface area contributed by atoms with Crippen LogP contribution in [-0.2, 0) is 0 Å². The largest absolute Gasteiger partial charge is 0.496 e. The van der Waals surface area contributed by atoms with E-state index in [0.29, 0.717) is 22.8 Å². The number of rotatable bonds is 7. The zero-order valence-corrected chi connectivity index (χ0v) is 15.3. The van der Waals surface area contributed by atoms with Crippen LogP contribution in [0.1, 0.15) is 41.0 Å². The predicted octanol–water partition coefficient (Wildman–Crippen LogP) is 3.30. The lowest BCUT2D eigenvalue weighted by Gasteiger charge is -2.19. The first-order chi connectivity index (χ1) is 12.0. The van der Waals surface area contributed by atoms with E-state index in [1.54, 1.807) is 18.3 Å². The molecule has 1 amide bonds. The molecular weight excluding hydrogens is 320 g/mol. The van der Waals surface area contributed by atoms with Gasteiger partial charge >= 0.3 is 0 Å². The molecule has 25 heavy (non-hydrogen) atoms. The van der Waals surface area contributed by atoms with Crippen LogP contribution in [0, 0.1) is 6.92 Å². The summed E-state index contributed by atoms with van der Waals surface area (Å²) in [6.45, 7) is 4.00. The van der Waals surface area contributed by atoms with Crippen molar-refractivity contribution >= 4 is 5.91 Å². The number of ether oxygens (including phenoxy) is 3. The van der Waals surface area contributed by atoms with Gasteiger partial charge in [0.1, 0.15) is 5.75 Å². The smallest absolute Gasteiger partial charge is 0.255 e. The third-order valence-corrected chi connectivity index (χ3v) is 3.96. The minimum Gasteiger partial charge on any atom is -0.496 e. The van der Waals surface area contributed by atoms with Gasteiger partial charge in [0.2, 0.25) is 0 Å². The lowest BCUT2D eigenvalue weighted by atomic mass is 10.1. The van der Waals surface area contributed by atoms with Gasteiger partial charge in [0.15, 0.2) is 11.5 Å². The summed E-state index contributed by atoms with van der Waals surface area (Å²) in [5.41, 5.74) is 2.31. The van der Waals surface area contributed by atoms with Crippen LogP contribution < -0.4 is 19.5 Å². The average Bonchev–Trinajstić information content (AvgIpc) is 2.64. The number of aromatic nitrogens is 1. The van der Waals surface area contributed by atoms with Crippen LogP contribution in [0.3, 0.4) is 0 Å². The van der Waals surface area contributed by atoms with Gasteiger partial charge in [0, 0.05) is 18.3 Å². The van der Waals surface area contributed by atoms with E-state index in [9.17, 15) is 4.79 Å².